The second-order valence-corrected chi connectivity index (χ2v) is 4.75. The van der Waals surface area contributed by atoms with Gasteiger partial charge in [-0.25, -0.2) is 0 Å². The van der Waals surface area contributed by atoms with Gasteiger partial charge >= 0.3 is 0 Å². The smallest absolute Gasteiger partial charge is 0.184 e. The zero-order chi connectivity index (χ0) is 13.0. The van der Waals surface area contributed by atoms with Gasteiger partial charge in [-0.1, -0.05) is 6.07 Å². The average molecular weight is 262 g/mol. The van der Waals surface area contributed by atoms with E-state index in [1.807, 2.05) is 0 Å². The Hall–Kier alpha value is -1.62. The van der Waals surface area contributed by atoms with E-state index in [1.165, 1.54) is 17.7 Å². The van der Waals surface area contributed by atoms with Crippen LogP contribution >= 0.6 is 12.2 Å². The molecule has 1 heterocycles. The number of nitrogens with zero attached hydrogens (tertiary/aromatic N) is 2. The minimum Gasteiger partial charge on any atom is -0.375 e. The molecular formula is C13H18N4S. The van der Waals surface area contributed by atoms with Crippen LogP contribution < -0.4 is 16.1 Å². The van der Waals surface area contributed by atoms with Crippen molar-refractivity contribution in [2.24, 2.45) is 10.8 Å². The average Bonchev–Trinajstić information content (AvgIpc) is 2.37. The first-order valence-corrected chi connectivity index (χ1v) is 6.58. The summed E-state index contributed by atoms with van der Waals surface area (Å²) in [6.07, 6.45) is 4.09. The summed E-state index contributed by atoms with van der Waals surface area (Å²) in [7, 11) is 0. The molecule has 0 saturated heterocycles. The third-order valence-electron chi connectivity index (χ3n) is 3.09. The van der Waals surface area contributed by atoms with Gasteiger partial charge in [0.15, 0.2) is 5.11 Å². The lowest BCUT2D eigenvalue weighted by Gasteiger charge is -2.30. The van der Waals surface area contributed by atoms with Gasteiger partial charge in [0, 0.05) is 18.8 Å². The Balaban J connectivity index is 2.16. The number of nitrogens with one attached hydrogen (secondary N) is 1. The summed E-state index contributed by atoms with van der Waals surface area (Å²) in [4.78, 5) is 2.41. The molecule has 0 spiro atoms. The molecule has 0 aromatic heterocycles. The summed E-state index contributed by atoms with van der Waals surface area (Å²) in [6.45, 7) is 4.40. The second kappa shape index (κ2) is 5.82. The Morgan fingerprint density at radius 1 is 1.61 bits per heavy atom. The monoisotopic (exact) mass is 262 g/mol. The molecule has 0 amide bonds. The van der Waals surface area contributed by atoms with Crippen molar-refractivity contribution in [3.63, 3.8) is 0 Å². The maximum atomic E-state index is 5.30. The number of benzene rings is 1. The number of aryl methyl sites for hydroxylation is 1. The third kappa shape index (κ3) is 2.98. The molecule has 0 unspecified atom stereocenters. The van der Waals surface area contributed by atoms with Crippen molar-refractivity contribution in [3.05, 3.63) is 29.3 Å². The third-order valence-corrected chi connectivity index (χ3v) is 3.18. The van der Waals surface area contributed by atoms with Gasteiger partial charge in [0.25, 0.3) is 0 Å². The molecule has 5 heteroatoms. The summed E-state index contributed by atoms with van der Waals surface area (Å²) < 4.78 is 0. The van der Waals surface area contributed by atoms with E-state index in [9.17, 15) is 0 Å². The van der Waals surface area contributed by atoms with Crippen molar-refractivity contribution in [1.29, 1.82) is 0 Å². The van der Waals surface area contributed by atoms with Gasteiger partial charge in [0.1, 0.15) is 0 Å². The van der Waals surface area contributed by atoms with Crippen molar-refractivity contribution >= 4 is 29.2 Å². The van der Waals surface area contributed by atoms with Gasteiger partial charge in [-0.3, -0.25) is 5.43 Å². The molecule has 1 aliphatic rings. The molecule has 1 aliphatic heterocycles. The van der Waals surface area contributed by atoms with Gasteiger partial charge in [0.05, 0.1) is 6.21 Å². The fourth-order valence-electron chi connectivity index (χ4n) is 2.27. The molecule has 0 atom stereocenters. The van der Waals surface area contributed by atoms with E-state index in [0.29, 0.717) is 0 Å². The Labute approximate surface area is 113 Å². The molecule has 1 aromatic rings. The molecule has 4 nitrogen and oxygen atoms in total. The number of nitrogens with two attached hydrogens (primary N) is 1. The lowest BCUT2D eigenvalue weighted by atomic mass is 9.99. The van der Waals surface area contributed by atoms with Gasteiger partial charge in [-0.05, 0) is 55.2 Å². The SMILES string of the molecule is CCN1CCCc2cc(C=NNC(N)=S)ccc21. The van der Waals surface area contributed by atoms with E-state index in [4.69, 9.17) is 5.73 Å². The lowest BCUT2D eigenvalue weighted by Crippen LogP contribution is -2.28. The maximum Gasteiger partial charge on any atom is 0.184 e. The second-order valence-electron chi connectivity index (χ2n) is 4.31. The van der Waals surface area contributed by atoms with Crippen LogP contribution in [0, 0.1) is 0 Å². The predicted octanol–water partition coefficient (Wildman–Crippen LogP) is 1.63. The normalized spacial score (nSPS) is 14.6. The van der Waals surface area contributed by atoms with Crippen molar-refractivity contribution in [3.8, 4) is 0 Å². The highest BCUT2D eigenvalue weighted by Crippen LogP contribution is 2.27. The number of fused-ring (bicyclic) bond motifs is 1. The number of rotatable bonds is 3. The molecule has 0 radical (unpaired) electrons. The van der Waals surface area contributed by atoms with Crippen LogP contribution in [-0.4, -0.2) is 24.4 Å². The molecule has 0 saturated carbocycles. The van der Waals surface area contributed by atoms with Crippen LogP contribution in [0.25, 0.3) is 0 Å². The Kier molecular flexibility index (Phi) is 4.15. The van der Waals surface area contributed by atoms with E-state index in [-0.39, 0.29) is 5.11 Å². The molecule has 2 rings (SSSR count). The first-order valence-electron chi connectivity index (χ1n) is 6.17. The van der Waals surface area contributed by atoms with Crippen molar-refractivity contribution in [2.75, 3.05) is 18.0 Å². The fraction of sp³-hybridized carbons (Fsp3) is 0.385. The van der Waals surface area contributed by atoms with Gasteiger partial charge in [-0.15, -0.1) is 0 Å². The minimum atomic E-state index is 0.182. The standard InChI is InChI=1S/C13H18N4S/c1-2-17-7-3-4-11-8-10(5-6-12(11)17)9-15-16-13(14)18/h5-6,8-9H,2-4,7H2,1H3,(H3,14,16,18). The van der Waals surface area contributed by atoms with Crippen LogP contribution in [0.4, 0.5) is 5.69 Å². The molecule has 0 bridgehead atoms. The zero-order valence-electron chi connectivity index (χ0n) is 10.5. The zero-order valence-corrected chi connectivity index (χ0v) is 11.3. The van der Waals surface area contributed by atoms with Crippen LogP contribution in [0.5, 0.6) is 0 Å². The summed E-state index contributed by atoms with van der Waals surface area (Å²) in [5, 5.41) is 4.16. The molecule has 96 valence electrons. The van der Waals surface area contributed by atoms with Crippen LogP contribution in [0.1, 0.15) is 24.5 Å². The van der Waals surface area contributed by atoms with Gasteiger partial charge < -0.3 is 10.6 Å². The van der Waals surface area contributed by atoms with Crippen LogP contribution in [0.3, 0.4) is 0 Å². The van der Waals surface area contributed by atoms with Crippen molar-refractivity contribution in [2.45, 2.75) is 19.8 Å². The topological polar surface area (TPSA) is 53.6 Å². The van der Waals surface area contributed by atoms with E-state index in [0.717, 1.165) is 25.1 Å². The van der Waals surface area contributed by atoms with Crippen LogP contribution in [0.15, 0.2) is 23.3 Å². The Morgan fingerprint density at radius 3 is 3.17 bits per heavy atom. The first kappa shape index (κ1) is 12.8. The molecule has 1 aromatic carbocycles. The molecule has 0 aliphatic carbocycles. The summed E-state index contributed by atoms with van der Waals surface area (Å²) in [5.41, 5.74) is 11.7. The minimum absolute atomic E-state index is 0.182. The van der Waals surface area contributed by atoms with E-state index >= 15 is 0 Å². The molecule has 0 fully saturated rings. The summed E-state index contributed by atoms with van der Waals surface area (Å²) in [5.74, 6) is 0. The Bertz CT molecular complexity index is 470. The van der Waals surface area contributed by atoms with Gasteiger partial charge in [0.2, 0.25) is 0 Å². The van der Waals surface area contributed by atoms with Crippen LogP contribution in [-0.2, 0) is 6.42 Å². The highest BCUT2D eigenvalue weighted by Gasteiger charge is 2.14. The van der Waals surface area contributed by atoms with Crippen molar-refractivity contribution < 1.29 is 0 Å². The maximum absolute atomic E-state index is 5.30. The number of thiocarbonyl (C=S) groups is 1. The highest BCUT2D eigenvalue weighted by molar-refractivity contribution is 7.80. The number of hydrogen-bond acceptors (Lipinski definition) is 3. The lowest BCUT2D eigenvalue weighted by molar-refractivity contribution is 0.708. The molecule has 3 N–H and O–H groups in total. The predicted molar refractivity (Wildman–Crippen MR) is 80.2 cm³/mol. The first-order chi connectivity index (χ1) is 8.70. The number of hydrogen-bond donors (Lipinski definition) is 2. The van der Waals surface area contributed by atoms with Crippen molar-refractivity contribution in [1.82, 2.24) is 5.43 Å². The molecular weight excluding hydrogens is 244 g/mol. The van der Waals surface area contributed by atoms with E-state index < -0.39 is 0 Å². The highest BCUT2D eigenvalue weighted by atomic mass is 32.1. The summed E-state index contributed by atoms with van der Waals surface area (Å²) >= 11 is 4.69. The quantitative estimate of drug-likeness (QED) is 0.494. The largest absolute Gasteiger partial charge is 0.375 e. The number of anilines is 1. The van der Waals surface area contributed by atoms with Gasteiger partial charge in [-0.2, -0.15) is 5.10 Å². The number of hydrazone groups is 1. The van der Waals surface area contributed by atoms with Crippen LogP contribution in [0.2, 0.25) is 0 Å². The Morgan fingerprint density at radius 2 is 2.44 bits per heavy atom. The molecule has 18 heavy (non-hydrogen) atoms. The summed E-state index contributed by atoms with van der Waals surface area (Å²) in [6, 6.07) is 6.42. The van der Waals surface area contributed by atoms with E-state index in [1.54, 1.807) is 6.21 Å². The fourth-order valence-corrected chi connectivity index (χ4v) is 2.33. The van der Waals surface area contributed by atoms with E-state index in [2.05, 4.69) is 52.8 Å².